The third-order valence-electron chi connectivity index (χ3n) is 5.21. The van der Waals surface area contributed by atoms with Crippen LogP contribution in [0, 0.1) is 11.8 Å². The van der Waals surface area contributed by atoms with Crippen molar-refractivity contribution in [2.24, 2.45) is 11.8 Å². The molecule has 1 heterocycles. The fourth-order valence-electron chi connectivity index (χ4n) is 3.55. The van der Waals surface area contributed by atoms with Gasteiger partial charge in [0.15, 0.2) is 5.12 Å². The van der Waals surface area contributed by atoms with Crippen molar-refractivity contribution in [3.8, 4) is 0 Å². The molecular formula is C25H28N2O8S. The SMILES string of the molecule is C=CCOC(=O)c1ccc(C(=O)OCC=C)c(NC(=O)[C@@H]2C[C@@H](C(C(=O)S)C(=O)OCC=C)CN2)c1. The minimum absolute atomic E-state index is 0.0106. The van der Waals surface area contributed by atoms with Crippen LogP contribution < -0.4 is 10.6 Å². The normalized spacial score (nSPS) is 17.2. The first-order valence-corrected chi connectivity index (χ1v) is 11.4. The van der Waals surface area contributed by atoms with Crippen LogP contribution in [-0.2, 0) is 28.6 Å². The quantitative estimate of drug-likeness (QED) is 0.118. The number of hydrogen-bond donors (Lipinski definition) is 3. The Bertz CT molecular complexity index is 1050. The monoisotopic (exact) mass is 516 g/mol. The van der Waals surface area contributed by atoms with Gasteiger partial charge in [-0.15, -0.1) is 12.6 Å². The zero-order valence-electron chi connectivity index (χ0n) is 19.6. The van der Waals surface area contributed by atoms with Crippen molar-refractivity contribution < 1.29 is 38.2 Å². The van der Waals surface area contributed by atoms with Crippen LogP contribution in [0.25, 0.3) is 0 Å². The van der Waals surface area contributed by atoms with Gasteiger partial charge < -0.3 is 24.8 Å². The van der Waals surface area contributed by atoms with Crippen LogP contribution in [0.3, 0.4) is 0 Å². The van der Waals surface area contributed by atoms with Gasteiger partial charge in [-0.3, -0.25) is 14.4 Å². The molecule has 1 fully saturated rings. The second-order valence-electron chi connectivity index (χ2n) is 7.72. The van der Waals surface area contributed by atoms with E-state index in [2.05, 4.69) is 43.0 Å². The summed E-state index contributed by atoms with van der Waals surface area (Å²) in [5, 5.41) is 4.92. The first-order chi connectivity index (χ1) is 17.2. The lowest BCUT2D eigenvalue weighted by atomic mass is 9.90. The van der Waals surface area contributed by atoms with E-state index in [0.717, 1.165) is 0 Å². The van der Waals surface area contributed by atoms with Crippen molar-refractivity contribution >= 4 is 47.2 Å². The number of benzene rings is 1. The molecule has 0 aromatic heterocycles. The molecule has 1 saturated heterocycles. The van der Waals surface area contributed by atoms with Crippen molar-refractivity contribution in [3.05, 3.63) is 67.3 Å². The average molecular weight is 517 g/mol. The molecule has 192 valence electrons. The predicted octanol–water partition coefficient (Wildman–Crippen LogP) is 2.09. The highest BCUT2D eigenvalue weighted by molar-refractivity contribution is 7.96. The van der Waals surface area contributed by atoms with Crippen molar-refractivity contribution in [1.82, 2.24) is 5.32 Å². The van der Waals surface area contributed by atoms with E-state index in [1.807, 2.05) is 0 Å². The molecule has 11 heteroatoms. The molecule has 3 atom stereocenters. The van der Waals surface area contributed by atoms with E-state index in [4.69, 9.17) is 14.2 Å². The Labute approximate surface area is 214 Å². The maximum absolute atomic E-state index is 13.0. The van der Waals surface area contributed by atoms with Gasteiger partial charge in [-0.1, -0.05) is 38.0 Å². The Hall–Kier alpha value is -3.70. The molecule has 1 unspecified atom stereocenters. The predicted molar refractivity (Wildman–Crippen MR) is 135 cm³/mol. The molecule has 0 bridgehead atoms. The maximum Gasteiger partial charge on any atom is 0.340 e. The zero-order chi connectivity index (χ0) is 26.7. The topological polar surface area (TPSA) is 137 Å². The molecule has 0 radical (unpaired) electrons. The van der Waals surface area contributed by atoms with Gasteiger partial charge in [-0.05, 0) is 30.5 Å². The van der Waals surface area contributed by atoms with Gasteiger partial charge in [0.25, 0.3) is 0 Å². The Balaban J connectivity index is 2.22. The minimum Gasteiger partial charge on any atom is -0.461 e. The first kappa shape index (κ1) is 28.5. The highest BCUT2D eigenvalue weighted by atomic mass is 32.1. The summed E-state index contributed by atoms with van der Waals surface area (Å²) < 4.78 is 15.1. The summed E-state index contributed by atoms with van der Waals surface area (Å²) >= 11 is 3.81. The third-order valence-corrected chi connectivity index (χ3v) is 5.49. The minimum atomic E-state index is -1.16. The molecule has 1 aromatic rings. The fourth-order valence-corrected chi connectivity index (χ4v) is 3.86. The Morgan fingerprint density at radius 2 is 1.61 bits per heavy atom. The summed E-state index contributed by atoms with van der Waals surface area (Å²) in [6.07, 6.45) is 4.29. The molecule has 1 aliphatic heterocycles. The first-order valence-electron chi connectivity index (χ1n) is 11.0. The van der Waals surface area contributed by atoms with Gasteiger partial charge >= 0.3 is 17.9 Å². The van der Waals surface area contributed by atoms with Crippen LogP contribution in [-0.4, -0.2) is 61.3 Å². The Kier molecular flexibility index (Phi) is 11.1. The third kappa shape index (κ3) is 7.65. The number of carbonyl (C=O) groups excluding carboxylic acids is 5. The van der Waals surface area contributed by atoms with Gasteiger partial charge in [-0.2, -0.15) is 0 Å². The largest absolute Gasteiger partial charge is 0.461 e. The van der Waals surface area contributed by atoms with Gasteiger partial charge in [-0.25, -0.2) is 9.59 Å². The maximum atomic E-state index is 13.0. The lowest BCUT2D eigenvalue weighted by molar-refractivity contribution is -0.151. The van der Waals surface area contributed by atoms with Crippen molar-refractivity contribution in [2.75, 3.05) is 31.7 Å². The van der Waals surface area contributed by atoms with Crippen molar-refractivity contribution in [2.45, 2.75) is 12.5 Å². The van der Waals surface area contributed by atoms with Crippen LogP contribution in [0.1, 0.15) is 27.1 Å². The van der Waals surface area contributed by atoms with E-state index >= 15 is 0 Å². The molecule has 0 spiro atoms. The van der Waals surface area contributed by atoms with Crippen LogP contribution in [0.4, 0.5) is 5.69 Å². The van der Waals surface area contributed by atoms with Crippen molar-refractivity contribution in [1.29, 1.82) is 0 Å². The molecule has 2 rings (SSSR count). The number of hydrogen-bond acceptors (Lipinski definition) is 9. The van der Waals surface area contributed by atoms with Crippen LogP contribution in [0.5, 0.6) is 0 Å². The van der Waals surface area contributed by atoms with Crippen molar-refractivity contribution in [3.63, 3.8) is 0 Å². The number of amides is 1. The molecule has 10 nitrogen and oxygen atoms in total. The number of ether oxygens (including phenoxy) is 3. The van der Waals surface area contributed by atoms with Gasteiger partial charge in [0.2, 0.25) is 5.91 Å². The summed E-state index contributed by atoms with van der Waals surface area (Å²) in [6, 6.07) is 3.20. The van der Waals surface area contributed by atoms with Crippen LogP contribution >= 0.6 is 12.6 Å². The Morgan fingerprint density at radius 1 is 1.00 bits per heavy atom. The highest BCUT2D eigenvalue weighted by Crippen LogP contribution is 2.27. The van der Waals surface area contributed by atoms with E-state index in [-0.39, 0.29) is 49.6 Å². The summed E-state index contributed by atoms with van der Waals surface area (Å²) in [5.41, 5.74) is 0.131. The van der Waals surface area contributed by atoms with E-state index in [1.54, 1.807) is 0 Å². The molecule has 0 aliphatic carbocycles. The molecule has 1 aromatic carbocycles. The molecular weight excluding hydrogens is 488 g/mol. The number of esters is 3. The fraction of sp³-hybridized carbons (Fsp3) is 0.320. The summed E-state index contributed by atoms with van der Waals surface area (Å²) in [4.78, 5) is 62.1. The lowest BCUT2D eigenvalue weighted by Gasteiger charge is -2.18. The van der Waals surface area contributed by atoms with Crippen LogP contribution in [0.2, 0.25) is 0 Å². The average Bonchev–Trinajstić information content (AvgIpc) is 3.34. The summed E-state index contributed by atoms with van der Waals surface area (Å²) in [6.45, 7) is 10.5. The van der Waals surface area contributed by atoms with Gasteiger partial charge in [0.05, 0.1) is 22.9 Å². The molecule has 36 heavy (non-hydrogen) atoms. The number of thiol groups is 1. The second kappa shape index (κ2) is 14.0. The zero-order valence-corrected chi connectivity index (χ0v) is 20.5. The number of nitrogens with one attached hydrogen (secondary N) is 2. The van der Waals surface area contributed by atoms with E-state index in [1.165, 1.54) is 36.4 Å². The molecule has 0 saturated carbocycles. The number of rotatable bonds is 13. The highest BCUT2D eigenvalue weighted by Gasteiger charge is 2.41. The molecule has 1 aliphatic rings. The van der Waals surface area contributed by atoms with Gasteiger partial charge in [0, 0.05) is 6.54 Å². The number of anilines is 1. The molecule has 2 N–H and O–H groups in total. The smallest absolute Gasteiger partial charge is 0.340 e. The Morgan fingerprint density at radius 3 is 2.22 bits per heavy atom. The lowest BCUT2D eigenvalue weighted by Crippen LogP contribution is -2.36. The summed E-state index contributed by atoms with van der Waals surface area (Å²) in [7, 11) is 0. The van der Waals surface area contributed by atoms with Gasteiger partial charge in [0.1, 0.15) is 25.7 Å². The van der Waals surface area contributed by atoms with Crippen LogP contribution in [0.15, 0.2) is 56.2 Å². The second-order valence-corrected chi connectivity index (χ2v) is 8.16. The van der Waals surface area contributed by atoms with E-state index < -0.39 is 46.8 Å². The number of carbonyl (C=O) groups is 5. The molecule has 1 amide bonds. The summed E-state index contributed by atoms with van der Waals surface area (Å²) in [5.74, 6) is -4.41. The van der Waals surface area contributed by atoms with E-state index in [0.29, 0.717) is 0 Å². The standard InChI is InChI=1S/C25H28N2O8S/c1-4-9-33-22(29)15-7-8-17(23(30)34-10-5-2)18(12-15)27-21(28)19-13-16(14-26-19)20(25(32)36)24(31)35-11-6-3/h4-8,12,16,19-20,26H,1-3,9-11,13-14H2,(H,27,28)(H,32,36)/t16-,19+,20?/m1/s1. The van der Waals surface area contributed by atoms with E-state index in [9.17, 15) is 24.0 Å².